The van der Waals surface area contributed by atoms with Crippen LogP contribution >= 0.6 is 0 Å². The molecular weight excluding hydrogens is 384 g/mol. The van der Waals surface area contributed by atoms with Gasteiger partial charge in [-0.1, -0.05) is 52.7 Å². The highest BCUT2D eigenvalue weighted by molar-refractivity contribution is 5.90. The van der Waals surface area contributed by atoms with E-state index >= 15 is 0 Å². The van der Waals surface area contributed by atoms with Gasteiger partial charge in [-0.25, -0.2) is 9.78 Å². The Morgan fingerprint density at radius 2 is 1.87 bits per heavy atom. The van der Waals surface area contributed by atoms with Gasteiger partial charge in [0.25, 0.3) is 0 Å². The third kappa shape index (κ3) is 4.32. The number of hydrogen-bond acceptors (Lipinski definition) is 2. The van der Waals surface area contributed by atoms with Crippen LogP contribution in [0.3, 0.4) is 0 Å². The van der Waals surface area contributed by atoms with Crippen LogP contribution in [-0.4, -0.2) is 22.1 Å². The maximum absolute atomic E-state index is 12.9. The molecule has 0 atom stereocenters. The number of urea groups is 1. The fraction of sp³-hybridized carbons (Fsp3) is 0.462. The number of nitrogens with one attached hydrogen (secondary N) is 2. The van der Waals surface area contributed by atoms with Crippen molar-refractivity contribution >= 4 is 22.8 Å². The Balaban J connectivity index is 1.51. The molecule has 2 amide bonds. The number of rotatable bonds is 6. The topological polar surface area (TPSA) is 59.0 Å². The van der Waals surface area contributed by atoms with E-state index in [9.17, 15) is 4.79 Å². The number of benzene rings is 1. The monoisotopic (exact) mass is 418 g/mol. The van der Waals surface area contributed by atoms with Gasteiger partial charge in [0.15, 0.2) is 0 Å². The number of aromatic nitrogens is 2. The van der Waals surface area contributed by atoms with Crippen molar-refractivity contribution in [2.24, 2.45) is 0 Å². The molecule has 31 heavy (non-hydrogen) atoms. The number of nitrogens with zero attached hydrogens (tertiary/aromatic N) is 2. The Labute approximate surface area is 185 Å². The lowest BCUT2D eigenvalue weighted by Crippen LogP contribution is -2.44. The first-order valence-corrected chi connectivity index (χ1v) is 11.5. The first-order chi connectivity index (χ1) is 14.9. The minimum absolute atomic E-state index is 0.115. The van der Waals surface area contributed by atoms with E-state index in [1.807, 2.05) is 18.3 Å². The number of amides is 2. The van der Waals surface area contributed by atoms with Gasteiger partial charge in [-0.05, 0) is 60.1 Å². The van der Waals surface area contributed by atoms with Crippen molar-refractivity contribution in [3.63, 3.8) is 0 Å². The number of carbonyl (C=O) groups is 1. The summed E-state index contributed by atoms with van der Waals surface area (Å²) in [4.78, 5) is 17.5. The molecule has 1 fully saturated rings. The summed E-state index contributed by atoms with van der Waals surface area (Å²) in [7, 11) is 0. The van der Waals surface area contributed by atoms with Crippen molar-refractivity contribution in [3.8, 4) is 0 Å². The number of fused-ring (bicyclic) bond motifs is 1. The van der Waals surface area contributed by atoms with Gasteiger partial charge in [-0.2, -0.15) is 0 Å². The van der Waals surface area contributed by atoms with Crippen LogP contribution in [0.25, 0.3) is 11.0 Å². The van der Waals surface area contributed by atoms with Crippen molar-refractivity contribution in [3.05, 3.63) is 59.9 Å². The summed E-state index contributed by atoms with van der Waals surface area (Å²) in [5, 5.41) is 7.42. The first-order valence-electron chi connectivity index (χ1n) is 11.5. The van der Waals surface area contributed by atoms with E-state index in [0.717, 1.165) is 29.6 Å². The molecule has 0 radical (unpaired) electrons. The van der Waals surface area contributed by atoms with E-state index < -0.39 is 0 Å². The molecule has 0 saturated heterocycles. The van der Waals surface area contributed by atoms with Crippen LogP contribution in [0, 0.1) is 0 Å². The first kappa shape index (κ1) is 21.4. The summed E-state index contributed by atoms with van der Waals surface area (Å²) in [6.45, 7) is 9.32. The minimum atomic E-state index is -0.144. The summed E-state index contributed by atoms with van der Waals surface area (Å²) in [5.74, 6) is 0.806. The van der Waals surface area contributed by atoms with Crippen molar-refractivity contribution in [2.45, 2.75) is 70.8 Å². The molecule has 164 valence electrons. The maximum Gasteiger partial charge on any atom is 0.319 e. The summed E-state index contributed by atoms with van der Waals surface area (Å²) in [5.41, 5.74) is 4.25. The zero-order valence-electron chi connectivity index (χ0n) is 19.1. The Kier molecular flexibility index (Phi) is 6.03. The molecule has 2 heterocycles. The smallest absolute Gasteiger partial charge is 0.319 e. The molecule has 0 spiro atoms. The van der Waals surface area contributed by atoms with Crippen LogP contribution in [0.1, 0.15) is 76.3 Å². The van der Waals surface area contributed by atoms with Crippen LogP contribution in [0.4, 0.5) is 10.5 Å². The summed E-state index contributed by atoms with van der Waals surface area (Å²) in [6.07, 6.45) is 8.41. The Hall–Kier alpha value is -2.82. The standard InChI is InChI=1S/C26H34N4O/c1-18(2)21-9-10-23(22(16-21)19(3)4)29-25(31)28-17-26(12-5-6-13-26)30-15-11-20-8-7-14-27-24(20)30/h7-11,14-16,18-19H,5-6,12-13,17H2,1-4H3,(H2,28,29,31). The Morgan fingerprint density at radius 1 is 1.10 bits per heavy atom. The van der Waals surface area contributed by atoms with Crippen LogP contribution < -0.4 is 10.6 Å². The average molecular weight is 419 g/mol. The molecule has 4 rings (SSSR count). The molecular formula is C26H34N4O. The van der Waals surface area contributed by atoms with Gasteiger partial charge in [0.1, 0.15) is 5.65 Å². The van der Waals surface area contributed by atoms with E-state index in [0.29, 0.717) is 18.4 Å². The highest BCUT2D eigenvalue weighted by atomic mass is 16.2. The molecule has 0 bridgehead atoms. The van der Waals surface area contributed by atoms with Crippen molar-refractivity contribution < 1.29 is 4.79 Å². The number of carbonyl (C=O) groups excluding carboxylic acids is 1. The van der Waals surface area contributed by atoms with E-state index in [4.69, 9.17) is 0 Å². The second-order valence-corrected chi connectivity index (χ2v) is 9.50. The van der Waals surface area contributed by atoms with Crippen molar-refractivity contribution in [1.82, 2.24) is 14.9 Å². The molecule has 1 aliphatic rings. The van der Waals surface area contributed by atoms with Gasteiger partial charge < -0.3 is 15.2 Å². The molecule has 2 N–H and O–H groups in total. The highest BCUT2D eigenvalue weighted by Crippen LogP contribution is 2.38. The van der Waals surface area contributed by atoms with Crippen LogP contribution in [-0.2, 0) is 5.54 Å². The molecule has 2 aromatic heterocycles. The van der Waals surface area contributed by atoms with Gasteiger partial charge in [-0.15, -0.1) is 0 Å². The summed E-state index contributed by atoms with van der Waals surface area (Å²) < 4.78 is 2.28. The molecule has 1 saturated carbocycles. The van der Waals surface area contributed by atoms with Crippen LogP contribution in [0.15, 0.2) is 48.8 Å². The molecule has 3 aromatic rings. The van der Waals surface area contributed by atoms with Gasteiger partial charge >= 0.3 is 6.03 Å². The van der Waals surface area contributed by atoms with Crippen LogP contribution in [0.5, 0.6) is 0 Å². The van der Waals surface area contributed by atoms with E-state index in [2.05, 4.69) is 78.3 Å². The van der Waals surface area contributed by atoms with Crippen LogP contribution in [0.2, 0.25) is 0 Å². The minimum Gasteiger partial charge on any atom is -0.335 e. The van der Waals surface area contributed by atoms with Gasteiger partial charge in [0.2, 0.25) is 0 Å². The molecule has 5 nitrogen and oxygen atoms in total. The lowest BCUT2D eigenvalue weighted by Gasteiger charge is -2.32. The normalized spacial score (nSPS) is 15.7. The summed E-state index contributed by atoms with van der Waals surface area (Å²) in [6, 6.07) is 12.4. The Bertz CT molecular complexity index is 1060. The average Bonchev–Trinajstić information content (AvgIpc) is 3.40. The number of pyridine rings is 1. The Morgan fingerprint density at radius 3 is 2.58 bits per heavy atom. The molecule has 5 heteroatoms. The molecule has 0 aliphatic heterocycles. The SMILES string of the molecule is CC(C)c1ccc(NC(=O)NCC2(n3ccc4cccnc43)CCCC2)c(C(C)C)c1. The fourth-order valence-corrected chi connectivity index (χ4v) is 4.83. The lowest BCUT2D eigenvalue weighted by atomic mass is 9.94. The molecule has 0 unspecified atom stereocenters. The number of anilines is 1. The quantitative estimate of drug-likeness (QED) is 0.488. The van der Waals surface area contributed by atoms with Gasteiger partial charge in [0, 0.05) is 30.0 Å². The highest BCUT2D eigenvalue weighted by Gasteiger charge is 2.37. The molecule has 1 aliphatic carbocycles. The van der Waals surface area contributed by atoms with Crippen molar-refractivity contribution in [1.29, 1.82) is 0 Å². The lowest BCUT2D eigenvalue weighted by molar-refractivity contribution is 0.239. The van der Waals surface area contributed by atoms with E-state index in [1.54, 1.807) is 0 Å². The molecule has 1 aromatic carbocycles. The summed E-state index contributed by atoms with van der Waals surface area (Å²) >= 11 is 0. The zero-order valence-corrected chi connectivity index (χ0v) is 19.1. The third-order valence-corrected chi connectivity index (χ3v) is 6.68. The number of hydrogen-bond donors (Lipinski definition) is 2. The van der Waals surface area contributed by atoms with Crippen molar-refractivity contribution in [2.75, 3.05) is 11.9 Å². The fourth-order valence-electron chi connectivity index (χ4n) is 4.83. The second-order valence-electron chi connectivity index (χ2n) is 9.50. The largest absolute Gasteiger partial charge is 0.335 e. The van der Waals surface area contributed by atoms with Gasteiger partial charge in [0.05, 0.1) is 5.54 Å². The second kappa shape index (κ2) is 8.74. The van der Waals surface area contributed by atoms with Gasteiger partial charge in [-0.3, -0.25) is 0 Å². The predicted molar refractivity (Wildman–Crippen MR) is 128 cm³/mol. The maximum atomic E-state index is 12.9. The van der Waals surface area contributed by atoms with E-state index in [1.165, 1.54) is 24.0 Å². The predicted octanol–water partition coefficient (Wildman–Crippen LogP) is 6.37. The zero-order chi connectivity index (χ0) is 22.0. The van der Waals surface area contributed by atoms with E-state index in [-0.39, 0.29) is 11.6 Å². The third-order valence-electron chi connectivity index (χ3n) is 6.68.